The first-order valence-electron chi connectivity index (χ1n) is 6.51. The summed E-state index contributed by atoms with van der Waals surface area (Å²) in [5, 5.41) is 6.52. The summed E-state index contributed by atoms with van der Waals surface area (Å²) < 4.78 is 0. The molecule has 5 heteroatoms. The Hall–Kier alpha value is -2.40. The molecule has 0 aliphatic rings. The van der Waals surface area contributed by atoms with Crippen LogP contribution >= 0.6 is 12.2 Å². The lowest BCUT2D eigenvalue weighted by Crippen LogP contribution is -2.22. The Morgan fingerprint density at radius 1 is 1.05 bits per heavy atom. The fourth-order valence-electron chi connectivity index (χ4n) is 2.14. The SMILES string of the molecule is Cc1cc(C)cc(NC(=S)Nc2ccccc2C(N)=O)c1. The normalized spacial score (nSPS) is 10.0. The lowest BCUT2D eigenvalue weighted by molar-refractivity contribution is 0.100. The number of hydrogen-bond acceptors (Lipinski definition) is 2. The summed E-state index contributed by atoms with van der Waals surface area (Å²) in [7, 11) is 0. The van der Waals surface area contributed by atoms with Crippen LogP contribution in [0.5, 0.6) is 0 Å². The van der Waals surface area contributed by atoms with Crippen molar-refractivity contribution in [2.45, 2.75) is 13.8 Å². The number of carbonyl (C=O) groups is 1. The number of primary amides is 1. The lowest BCUT2D eigenvalue weighted by Gasteiger charge is -2.13. The van der Waals surface area contributed by atoms with Gasteiger partial charge in [0.05, 0.1) is 11.3 Å². The smallest absolute Gasteiger partial charge is 0.250 e. The number of aryl methyl sites for hydroxylation is 2. The molecule has 1 amide bonds. The minimum Gasteiger partial charge on any atom is -0.366 e. The largest absolute Gasteiger partial charge is 0.366 e. The molecule has 2 aromatic carbocycles. The average molecular weight is 299 g/mol. The van der Waals surface area contributed by atoms with Crippen LogP contribution in [0, 0.1) is 13.8 Å². The van der Waals surface area contributed by atoms with E-state index >= 15 is 0 Å². The van der Waals surface area contributed by atoms with Crippen molar-refractivity contribution in [3.63, 3.8) is 0 Å². The van der Waals surface area contributed by atoms with E-state index in [9.17, 15) is 4.79 Å². The maximum atomic E-state index is 11.4. The van der Waals surface area contributed by atoms with Gasteiger partial charge in [0.2, 0.25) is 0 Å². The summed E-state index contributed by atoms with van der Waals surface area (Å²) in [5.41, 5.74) is 9.54. The number of anilines is 2. The zero-order valence-corrected chi connectivity index (χ0v) is 12.8. The van der Waals surface area contributed by atoms with Gasteiger partial charge in [0.1, 0.15) is 0 Å². The third-order valence-corrected chi connectivity index (χ3v) is 3.12. The van der Waals surface area contributed by atoms with Gasteiger partial charge in [-0.15, -0.1) is 0 Å². The van der Waals surface area contributed by atoms with E-state index in [1.165, 1.54) is 0 Å². The number of benzene rings is 2. The Balaban J connectivity index is 2.14. The van der Waals surface area contributed by atoms with Crippen molar-refractivity contribution in [3.8, 4) is 0 Å². The minimum absolute atomic E-state index is 0.405. The molecule has 0 radical (unpaired) electrons. The fraction of sp³-hybridized carbons (Fsp3) is 0.125. The Labute approximate surface area is 129 Å². The van der Waals surface area contributed by atoms with Crippen molar-refractivity contribution in [2.75, 3.05) is 10.6 Å². The second-order valence-electron chi connectivity index (χ2n) is 4.87. The summed E-state index contributed by atoms with van der Waals surface area (Å²) in [6.07, 6.45) is 0. The Kier molecular flexibility index (Phi) is 4.55. The van der Waals surface area contributed by atoms with Crippen LogP contribution in [0.1, 0.15) is 21.5 Å². The third-order valence-electron chi connectivity index (χ3n) is 2.92. The van der Waals surface area contributed by atoms with Crippen LogP contribution in [0.2, 0.25) is 0 Å². The second kappa shape index (κ2) is 6.37. The molecular weight excluding hydrogens is 282 g/mol. The molecule has 0 atom stereocenters. The molecule has 2 rings (SSSR count). The first-order valence-corrected chi connectivity index (χ1v) is 6.91. The average Bonchev–Trinajstić information content (AvgIpc) is 2.37. The van der Waals surface area contributed by atoms with Crippen LogP contribution < -0.4 is 16.4 Å². The van der Waals surface area contributed by atoms with Gasteiger partial charge >= 0.3 is 0 Å². The summed E-state index contributed by atoms with van der Waals surface area (Å²) in [5.74, 6) is -0.493. The summed E-state index contributed by atoms with van der Waals surface area (Å²) >= 11 is 5.28. The molecule has 0 aliphatic carbocycles. The second-order valence-corrected chi connectivity index (χ2v) is 5.27. The van der Waals surface area contributed by atoms with E-state index in [4.69, 9.17) is 18.0 Å². The molecule has 108 valence electrons. The predicted molar refractivity (Wildman–Crippen MR) is 90.7 cm³/mol. The number of hydrogen-bond donors (Lipinski definition) is 3. The molecule has 0 unspecified atom stereocenters. The number of carbonyl (C=O) groups excluding carboxylic acids is 1. The number of para-hydroxylation sites is 1. The van der Waals surface area contributed by atoms with Crippen LogP contribution in [0.15, 0.2) is 42.5 Å². The van der Waals surface area contributed by atoms with Crippen LogP contribution in [0.3, 0.4) is 0 Å². The standard InChI is InChI=1S/C16H17N3OS/c1-10-7-11(2)9-12(8-10)18-16(21)19-14-6-4-3-5-13(14)15(17)20/h3-9H,1-2H3,(H2,17,20)(H2,18,19,21). The van der Waals surface area contributed by atoms with E-state index in [2.05, 4.69) is 16.7 Å². The topological polar surface area (TPSA) is 67.2 Å². The number of rotatable bonds is 3. The van der Waals surface area contributed by atoms with Gasteiger partial charge in [0.25, 0.3) is 5.91 Å². The lowest BCUT2D eigenvalue weighted by atomic mass is 10.1. The first-order chi connectivity index (χ1) is 9.95. The van der Waals surface area contributed by atoms with Crippen molar-refractivity contribution in [2.24, 2.45) is 5.73 Å². The van der Waals surface area contributed by atoms with E-state index in [-0.39, 0.29) is 0 Å². The zero-order valence-electron chi connectivity index (χ0n) is 11.9. The van der Waals surface area contributed by atoms with Gasteiger partial charge in [-0.1, -0.05) is 18.2 Å². The highest BCUT2D eigenvalue weighted by Crippen LogP contribution is 2.17. The molecule has 0 saturated carbocycles. The van der Waals surface area contributed by atoms with Gasteiger partial charge in [-0.3, -0.25) is 4.79 Å². The highest BCUT2D eigenvalue weighted by molar-refractivity contribution is 7.80. The van der Waals surface area contributed by atoms with Crippen LogP contribution in [0.25, 0.3) is 0 Å². The molecule has 0 aliphatic heterocycles. The van der Waals surface area contributed by atoms with Gasteiger partial charge in [0, 0.05) is 5.69 Å². The van der Waals surface area contributed by atoms with Crippen molar-refractivity contribution >= 4 is 34.6 Å². The third kappa shape index (κ3) is 4.03. The van der Waals surface area contributed by atoms with Crippen LogP contribution in [0.4, 0.5) is 11.4 Å². The molecule has 4 nitrogen and oxygen atoms in total. The number of nitrogens with two attached hydrogens (primary N) is 1. The Bertz CT molecular complexity index is 677. The summed E-state index contributed by atoms with van der Waals surface area (Å²) in [6, 6.07) is 13.1. The van der Waals surface area contributed by atoms with Gasteiger partial charge in [-0.25, -0.2) is 0 Å². The van der Waals surface area contributed by atoms with Gasteiger partial charge in [0.15, 0.2) is 5.11 Å². The molecule has 0 heterocycles. The zero-order chi connectivity index (χ0) is 15.4. The maximum absolute atomic E-state index is 11.4. The molecule has 0 spiro atoms. The highest BCUT2D eigenvalue weighted by atomic mass is 32.1. The molecule has 0 saturated heterocycles. The van der Waals surface area contributed by atoms with Crippen molar-refractivity contribution in [1.82, 2.24) is 0 Å². The van der Waals surface area contributed by atoms with Gasteiger partial charge in [-0.2, -0.15) is 0 Å². The molecule has 2 aromatic rings. The quantitative estimate of drug-likeness (QED) is 0.761. The fourth-order valence-corrected chi connectivity index (χ4v) is 2.37. The van der Waals surface area contributed by atoms with Gasteiger partial charge < -0.3 is 16.4 Å². The van der Waals surface area contributed by atoms with Crippen molar-refractivity contribution in [3.05, 3.63) is 59.2 Å². The van der Waals surface area contributed by atoms with E-state index in [1.54, 1.807) is 18.2 Å². The van der Waals surface area contributed by atoms with Gasteiger partial charge in [-0.05, 0) is 61.5 Å². The van der Waals surface area contributed by atoms with E-state index in [1.807, 2.05) is 32.0 Å². The molecule has 4 N–H and O–H groups in total. The Morgan fingerprint density at radius 3 is 2.29 bits per heavy atom. The van der Waals surface area contributed by atoms with E-state index in [0.717, 1.165) is 16.8 Å². The Morgan fingerprint density at radius 2 is 1.67 bits per heavy atom. The van der Waals surface area contributed by atoms with Crippen LogP contribution in [-0.2, 0) is 0 Å². The maximum Gasteiger partial charge on any atom is 0.250 e. The molecule has 0 fully saturated rings. The van der Waals surface area contributed by atoms with Crippen molar-refractivity contribution in [1.29, 1.82) is 0 Å². The summed E-state index contributed by atoms with van der Waals surface area (Å²) in [4.78, 5) is 11.4. The number of thiocarbonyl (C=S) groups is 1. The molecule has 0 aromatic heterocycles. The summed E-state index contributed by atoms with van der Waals surface area (Å²) in [6.45, 7) is 4.05. The molecular formula is C16H17N3OS. The monoisotopic (exact) mass is 299 g/mol. The van der Waals surface area contributed by atoms with Crippen molar-refractivity contribution < 1.29 is 4.79 Å². The minimum atomic E-state index is -0.493. The predicted octanol–water partition coefficient (Wildman–Crippen LogP) is 3.21. The number of amides is 1. The number of nitrogens with one attached hydrogen (secondary N) is 2. The highest BCUT2D eigenvalue weighted by Gasteiger charge is 2.08. The molecule has 0 bridgehead atoms. The van der Waals surface area contributed by atoms with Crippen LogP contribution in [-0.4, -0.2) is 11.0 Å². The molecule has 21 heavy (non-hydrogen) atoms. The first kappa shape index (κ1) is 15.0. The van der Waals surface area contributed by atoms with E-state index in [0.29, 0.717) is 16.4 Å². The van der Waals surface area contributed by atoms with E-state index < -0.39 is 5.91 Å².